The molecule has 1 N–H and O–H groups in total. The highest BCUT2D eigenvalue weighted by molar-refractivity contribution is 6.09. The number of halogens is 2. The van der Waals surface area contributed by atoms with Gasteiger partial charge in [-0.05, 0) is 43.2 Å². The van der Waals surface area contributed by atoms with Gasteiger partial charge < -0.3 is 14.8 Å². The molecule has 0 radical (unpaired) electrons. The molecule has 36 heavy (non-hydrogen) atoms. The van der Waals surface area contributed by atoms with E-state index in [4.69, 9.17) is 4.98 Å². The van der Waals surface area contributed by atoms with Crippen molar-refractivity contribution in [2.45, 2.75) is 32.6 Å². The number of para-hydroxylation sites is 1. The highest BCUT2D eigenvalue weighted by Crippen LogP contribution is 2.37. The predicted molar refractivity (Wildman–Crippen MR) is 134 cm³/mol. The number of aromatic nitrogens is 4. The van der Waals surface area contributed by atoms with E-state index in [1.165, 1.54) is 18.3 Å². The van der Waals surface area contributed by atoms with Crippen LogP contribution in [0.15, 0.2) is 47.4 Å². The van der Waals surface area contributed by atoms with Crippen LogP contribution in [0.2, 0.25) is 0 Å². The van der Waals surface area contributed by atoms with Gasteiger partial charge in [-0.3, -0.25) is 9.59 Å². The number of carbonyl (C=O) groups is 1. The van der Waals surface area contributed by atoms with E-state index in [0.29, 0.717) is 10.4 Å². The Morgan fingerprint density at radius 1 is 1.03 bits per heavy atom. The minimum Gasteiger partial charge on any atom is -0.368 e. The first-order chi connectivity index (χ1) is 17.3. The summed E-state index contributed by atoms with van der Waals surface area (Å²) >= 11 is 0. The fraction of sp³-hybridized carbons (Fsp3) is 0.308. The summed E-state index contributed by atoms with van der Waals surface area (Å²) < 4.78 is 31.2. The molecule has 0 atom stereocenters. The first-order valence-corrected chi connectivity index (χ1v) is 11.9. The lowest BCUT2D eigenvalue weighted by Crippen LogP contribution is -2.31. The van der Waals surface area contributed by atoms with Crippen LogP contribution in [0.25, 0.3) is 16.7 Å². The van der Waals surface area contributed by atoms with Crippen LogP contribution in [0.5, 0.6) is 0 Å². The second-order valence-corrected chi connectivity index (χ2v) is 9.19. The van der Waals surface area contributed by atoms with Crippen molar-refractivity contribution in [3.05, 3.63) is 76.0 Å². The molecule has 2 aromatic heterocycles. The predicted octanol–water partition coefficient (Wildman–Crippen LogP) is 4.37. The Bertz CT molecular complexity index is 1520. The highest BCUT2D eigenvalue weighted by atomic mass is 19.1. The Morgan fingerprint density at radius 3 is 2.39 bits per heavy atom. The van der Waals surface area contributed by atoms with Gasteiger partial charge in [-0.25, -0.2) is 13.8 Å². The van der Waals surface area contributed by atoms with Crippen molar-refractivity contribution in [3.63, 3.8) is 0 Å². The number of rotatable bonds is 5. The number of carbonyl (C=O) groups excluding carboxylic acids is 1. The number of nitrogens with zero attached hydrogens (tertiary/aromatic N) is 5. The number of imidazole rings is 1. The van der Waals surface area contributed by atoms with Gasteiger partial charge in [-0.15, -0.1) is 0 Å². The SMILES string of the molecule is CC(C)c1nc2c(N3CCCC3)c(NC(=O)c3ccnn(-c4c(F)cccc4F)c3=O)ccc2n1C. The average molecular weight is 493 g/mol. The average Bonchev–Trinajstić information content (AvgIpc) is 3.48. The molecule has 0 bridgehead atoms. The number of amides is 1. The highest BCUT2D eigenvalue weighted by Gasteiger charge is 2.25. The van der Waals surface area contributed by atoms with E-state index in [-0.39, 0.29) is 11.5 Å². The molecule has 4 aromatic rings. The molecule has 1 amide bonds. The normalized spacial score (nSPS) is 13.7. The van der Waals surface area contributed by atoms with Gasteiger partial charge in [0.1, 0.15) is 22.6 Å². The second kappa shape index (κ2) is 9.18. The van der Waals surface area contributed by atoms with Crippen molar-refractivity contribution in [2.24, 2.45) is 7.05 Å². The molecule has 8 nitrogen and oxygen atoms in total. The van der Waals surface area contributed by atoms with E-state index in [1.54, 1.807) is 6.07 Å². The van der Waals surface area contributed by atoms with Crippen LogP contribution in [0.3, 0.4) is 0 Å². The molecule has 10 heteroatoms. The van der Waals surface area contributed by atoms with Crippen LogP contribution < -0.4 is 15.8 Å². The van der Waals surface area contributed by atoms with E-state index >= 15 is 0 Å². The van der Waals surface area contributed by atoms with Gasteiger partial charge in [-0.2, -0.15) is 9.78 Å². The molecule has 1 saturated heterocycles. The van der Waals surface area contributed by atoms with Crippen LogP contribution in [-0.2, 0) is 7.05 Å². The largest absolute Gasteiger partial charge is 0.368 e. The molecular formula is C26H26F2N6O2. The summed E-state index contributed by atoms with van der Waals surface area (Å²) in [5, 5.41) is 6.64. The van der Waals surface area contributed by atoms with Crippen LogP contribution in [0.1, 0.15) is 48.8 Å². The van der Waals surface area contributed by atoms with Gasteiger partial charge in [0.25, 0.3) is 11.5 Å². The van der Waals surface area contributed by atoms with Crippen LogP contribution in [0, 0.1) is 11.6 Å². The van der Waals surface area contributed by atoms with E-state index in [9.17, 15) is 18.4 Å². The van der Waals surface area contributed by atoms with Gasteiger partial charge in [0.2, 0.25) is 0 Å². The molecule has 1 aliphatic rings. The molecule has 2 aromatic carbocycles. The number of nitrogens with one attached hydrogen (secondary N) is 1. The van der Waals surface area contributed by atoms with Crippen molar-refractivity contribution in [2.75, 3.05) is 23.3 Å². The standard InChI is InChI=1S/C26H26F2N6O2/c1-15(2)24-31-21-20(32(24)3)10-9-19(23(21)33-13-4-5-14-33)30-25(35)16-11-12-29-34(26(16)36)22-17(27)7-6-8-18(22)28/h6-12,15H,4-5,13-14H2,1-3H3,(H,30,35). The summed E-state index contributed by atoms with van der Waals surface area (Å²) in [6.45, 7) is 5.80. The maximum atomic E-state index is 14.3. The van der Waals surface area contributed by atoms with Crippen molar-refractivity contribution >= 4 is 28.3 Å². The number of aryl methyl sites for hydroxylation is 1. The molecule has 1 fully saturated rings. The van der Waals surface area contributed by atoms with Gasteiger partial charge in [0.05, 0.1) is 16.9 Å². The van der Waals surface area contributed by atoms with E-state index < -0.39 is 28.8 Å². The van der Waals surface area contributed by atoms with Gasteiger partial charge in [0.15, 0.2) is 11.6 Å². The van der Waals surface area contributed by atoms with Gasteiger partial charge in [-0.1, -0.05) is 19.9 Å². The summed E-state index contributed by atoms with van der Waals surface area (Å²) in [6.07, 6.45) is 3.22. The van der Waals surface area contributed by atoms with Crippen LogP contribution >= 0.6 is 0 Å². The van der Waals surface area contributed by atoms with Gasteiger partial charge in [0, 0.05) is 32.3 Å². The first-order valence-electron chi connectivity index (χ1n) is 11.9. The molecule has 1 aliphatic heterocycles. The van der Waals surface area contributed by atoms with Gasteiger partial charge >= 0.3 is 0 Å². The lowest BCUT2D eigenvalue weighted by Gasteiger charge is -2.22. The monoisotopic (exact) mass is 492 g/mol. The molecule has 0 unspecified atom stereocenters. The number of anilines is 2. The number of hydrogen-bond acceptors (Lipinski definition) is 5. The summed E-state index contributed by atoms with van der Waals surface area (Å²) in [7, 11) is 1.97. The molecule has 3 heterocycles. The molecule has 0 aliphatic carbocycles. The minimum absolute atomic E-state index is 0.209. The quantitative estimate of drug-likeness (QED) is 0.447. The Morgan fingerprint density at radius 2 is 1.72 bits per heavy atom. The van der Waals surface area contributed by atoms with E-state index in [0.717, 1.165) is 60.6 Å². The van der Waals surface area contributed by atoms with E-state index in [1.807, 2.05) is 13.1 Å². The number of benzene rings is 2. The first kappa shape index (κ1) is 23.7. The Balaban J connectivity index is 1.59. The fourth-order valence-electron chi connectivity index (χ4n) is 4.77. The third-order valence-electron chi connectivity index (χ3n) is 6.49. The summed E-state index contributed by atoms with van der Waals surface area (Å²) in [5.41, 5.74) is 1.19. The third kappa shape index (κ3) is 3.92. The van der Waals surface area contributed by atoms with Crippen molar-refractivity contribution in [1.82, 2.24) is 19.3 Å². The third-order valence-corrected chi connectivity index (χ3v) is 6.49. The maximum absolute atomic E-state index is 14.3. The van der Waals surface area contributed by atoms with Crippen LogP contribution in [-0.4, -0.2) is 38.3 Å². The van der Waals surface area contributed by atoms with Crippen molar-refractivity contribution in [1.29, 1.82) is 0 Å². The smallest absolute Gasteiger partial charge is 0.284 e. The Labute approximate surface area is 206 Å². The number of fused-ring (bicyclic) bond motifs is 1. The fourth-order valence-corrected chi connectivity index (χ4v) is 4.77. The maximum Gasteiger partial charge on any atom is 0.284 e. The molecular weight excluding hydrogens is 466 g/mol. The summed E-state index contributed by atoms with van der Waals surface area (Å²) in [4.78, 5) is 33.4. The molecule has 5 rings (SSSR count). The number of hydrogen-bond donors (Lipinski definition) is 1. The van der Waals surface area contributed by atoms with Crippen molar-refractivity contribution < 1.29 is 13.6 Å². The molecule has 0 spiro atoms. The molecule has 186 valence electrons. The van der Waals surface area contributed by atoms with Crippen molar-refractivity contribution in [3.8, 4) is 5.69 Å². The zero-order chi connectivity index (χ0) is 25.6. The zero-order valence-corrected chi connectivity index (χ0v) is 20.3. The Kier molecular flexibility index (Phi) is 6.03. The minimum atomic E-state index is -0.958. The Hall–Kier alpha value is -4.08. The summed E-state index contributed by atoms with van der Waals surface area (Å²) in [6, 6.07) is 8.16. The zero-order valence-electron chi connectivity index (χ0n) is 20.3. The summed E-state index contributed by atoms with van der Waals surface area (Å²) in [5.74, 6) is -1.48. The lowest BCUT2D eigenvalue weighted by atomic mass is 10.2. The lowest BCUT2D eigenvalue weighted by molar-refractivity contribution is 0.102. The van der Waals surface area contributed by atoms with E-state index in [2.05, 4.69) is 33.7 Å². The second-order valence-electron chi connectivity index (χ2n) is 9.19. The topological polar surface area (TPSA) is 85.1 Å². The van der Waals surface area contributed by atoms with Crippen LogP contribution in [0.4, 0.5) is 20.2 Å². The molecule has 0 saturated carbocycles.